The third-order valence-corrected chi connectivity index (χ3v) is 3.80. The van der Waals surface area contributed by atoms with Gasteiger partial charge in [-0.05, 0) is 37.0 Å². The fourth-order valence-electron chi connectivity index (χ4n) is 2.16. The molecule has 1 aromatic carbocycles. The largest absolute Gasteiger partial charge is 0.494 e. The maximum atomic E-state index is 13.7. The molecule has 120 valence electrons. The quantitative estimate of drug-likeness (QED) is 0.819. The first-order chi connectivity index (χ1) is 10.5. The molecule has 0 fully saturated rings. The molecule has 6 nitrogen and oxygen atoms in total. The van der Waals surface area contributed by atoms with Gasteiger partial charge in [0.2, 0.25) is 0 Å². The van der Waals surface area contributed by atoms with E-state index in [1.165, 1.54) is 13.2 Å². The van der Waals surface area contributed by atoms with Gasteiger partial charge >= 0.3 is 0 Å². The zero-order chi connectivity index (χ0) is 16.3. The molecular weight excluding hydrogens is 307 g/mol. The normalized spacial score (nSPS) is 11.2. The summed E-state index contributed by atoms with van der Waals surface area (Å²) in [5, 5.41) is 13.4. The second kappa shape index (κ2) is 6.99. The van der Waals surface area contributed by atoms with Crippen molar-refractivity contribution in [3.8, 4) is 5.75 Å². The molecule has 0 bridgehead atoms. The Bertz CT molecular complexity index is 713. The third-order valence-electron chi connectivity index (χ3n) is 3.32. The highest BCUT2D eigenvalue weighted by atomic mass is 32.1. The summed E-state index contributed by atoms with van der Waals surface area (Å²) in [4.78, 5) is 1.95. The number of rotatable bonds is 6. The lowest BCUT2D eigenvalue weighted by Crippen LogP contribution is -2.22. The van der Waals surface area contributed by atoms with E-state index >= 15 is 0 Å². The average Bonchev–Trinajstić information content (AvgIpc) is 2.75. The Balaban J connectivity index is 2.08. The number of aliphatic hydroxyl groups is 1. The maximum absolute atomic E-state index is 13.7. The van der Waals surface area contributed by atoms with Gasteiger partial charge in [-0.3, -0.25) is 4.90 Å². The molecule has 8 heteroatoms. The molecule has 0 saturated heterocycles. The Morgan fingerprint density at radius 2 is 2.18 bits per heavy atom. The molecule has 0 spiro atoms. The molecule has 0 radical (unpaired) electrons. The fraction of sp³-hybridized carbons (Fsp3) is 0.429. The highest BCUT2D eigenvalue weighted by molar-refractivity contribution is 7.71. The summed E-state index contributed by atoms with van der Waals surface area (Å²) in [7, 11) is 5.08. The monoisotopic (exact) mass is 326 g/mol. The van der Waals surface area contributed by atoms with Gasteiger partial charge in [-0.2, -0.15) is 5.10 Å². The summed E-state index contributed by atoms with van der Waals surface area (Å²) in [5.41, 5.74) is 0.825. The zero-order valence-corrected chi connectivity index (χ0v) is 13.6. The minimum absolute atomic E-state index is 0.166. The fourth-order valence-corrected chi connectivity index (χ4v) is 2.37. The molecular formula is C14H19FN4O2S. The first-order valence-electron chi connectivity index (χ1n) is 6.70. The lowest BCUT2D eigenvalue weighted by atomic mass is 10.2. The van der Waals surface area contributed by atoms with Crippen LogP contribution < -0.4 is 4.74 Å². The highest BCUT2D eigenvalue weighted by Crippen LogP contribution is 2.18. The van der Waals surface area contributed by atoms with Crippen molar-refractivity contribution in [1.29, 1.82) is 0 Å². The SMILES string of the molecule is COc1ccc(CN(C)Cn2nc(CO)n(C)c2=S)cc1F. The minimum atomic E-state index is -0.384. The second-order valence-electron chi connectivity index (χ2n) is 5.04. The molecule has 0 atom stereocenters. The number of benzene rings is 1. The Morgan fingerprint density at radius 1 is 1.45 bits per heavy atom. The average molecular weight is 326 g/mol. The molecule has 0 aliphatic carbocycles. The molecule has 0 unspecified atom stereocenters. The summed E-state index contributed by atoms with van der Waals surface area (Å²) in [6.07, 6.45) is 0. The van der Waals surface area contributed by atoms with Gasteiger partial charge in [-0.25, -0.2) is 9.07 Å². The molecule has 2 aromatic rings. The van der Waals surface area contributed by atoms with Gasteiger partial charge in [0.15, 0.2) is 22.2 Å². The number of aliphatic hydroxyl groups excluding tert-OH is 1. The number of halogens is 1. The Labute approximate surface area is 133 Å². The molecule has 22 heavy (non-hydrogen) atoms. The third kappa shape index (κ3) is 3.52. The summed E-state index contributed by atoms with van der Waals surface area (Å²) in [5.74, 6) is 0.352. The number of methoxy groups -OCH3 is 1. The van der Waals surface area contributed by atoms with E-state index < -0.39 is 0 Å². The second-order valence-corrected chi connectivity index (χ2v) is 5.41. The predicted molar refractivity (Wildman–Crippen MR) is 82.4 cm³/mol. The number of aromatic nitrogens is 3. The predicted octanol–water partition coefficient (Wildman–Crippen LogP) is 1.68. The molecule has 0 aliphatic heterocycles. The smallest absolute Gasteiger partial charge is 0.198 e. The van der Waals surface area contributed by atoms with Crippen molar-refractivity contribution in [2.45, 2.75) is 19.8 Å². The van der Waals surface area contributed by atoms with E-state index in [4.69, 9.17) is 17.0 Å². The standard InChI is InChI=1S/C14H19FN4O2S/c1-17(7-10-4-5-12(21-3)11(15)6-10)9-19-14(22)18(2)13(8-20)16-19/h4-6,20H,7-9H2,1-3H3. The first-order valence-corrected chi connectivity index (χ1v) is 7.11. The Morgan fingerprint density at radius 3 is 2.73 bits per heavy atom. The van der Waals surface area contributed by atoms with E-state index in [1.54, 1.807) is 22.4 Å². The van der Waals surface area contributed by atoms with Crippen LogP contribution in [0.2, 0.25) is 0 Å². The van der Waals surface area contributed by atoms with Crippen molar-refractivity contribution >= 4 is 12.2 Å². The molecule has 0 saturated carbocycles. The van der Waals surface area contributed by atoms with Crippen molar-refractivity contribution in [2.75, 3.05) is 14.2 Å². The zero-order valence-electron chi connectivity index (χ0n) is 12.8. The molecule has 1 N–H and O–H groups in total. The van der Waals surface area contributed by atoms with E-state index in [1.807, 2.05) is 18.0 Å². The summed E-state index contributed by atoms with van der Waals surface area (Å²) in [6, 6.07) is 4.87. The van der Waals surface area contributed by atoms with Crippen LogP contribution in [0.3, 0.4) is 0 Å². The van der Waals surface area contributed by atoms with E-state index in [-0.39, 0.29) is 18.2 Å². The molecule has 0 amide bonds. The number of hydrogen-bond acceptors (Lipinski definition) is 5. The van der Waals surface area contributed by atoms with Crippen molar-refractivity contribution in [2.24, 2.45) is 7.05 Å². The van der Waals surface area contributed by atoms with Crippen LogP contribution in [0, 0.1) is 10.6 Å². The Hall–Kier alpha value is -1.77. The van der Waals surface area contributed by atoms with Crippen molar-refractivity contribution in [3.63, 3.8) is 0 Å². The van der Waals surface area contributed by atoms with Crippen molar-refractivity contribution in [3.05, 3.63) is 40.2 Å². The van der Waals surface area contributed by atoms with Crippen LogP contribution >= 0.6 is 12.2 Å². The molecule has 2 rings (SSSR count). The van der Waals surface area contributed by atoms with Crippen molar-refractivity contribution in [1.82, 2.24) is 19.2 Å². The van der Waals surface area contributed by atoms with E-state index in [0.717, 1.165) is 5.56 Å². The number of nitrogens with zero attached hydrogens (tertiary/aromatic N) is 4. The Kier molecular flexibility index (Phi) is 5.28. The van der Waals surface area contributed by atoms with Crippen LogP contribution in [0.15, 0.2) is 18.2 Å². The van der Waals surface area contributed by atoms with E-state index in [0.29, 0.717) is 23.8 Å². The molecule has 0 aliphatic rings. The van der Waals surface area contributed by atoms with Crippen LogP contribution in [0.1, 0.15) is 11.4 Å². The van der Waals surface area contributed by atoms with Gasteiger partial charge in [-0.15, -0.1) is 0 Å². The van der Waals surface area contributed by atoms with Gasteiger partial charge in [0, 0.05) is 13.6 Å². The highest BCUT2D eigenvalue weighted by Gasteiger charge is 2.10. The lowest BCUT2D eigenvalue weighted by Gasteiger charge is -2.16. The maximum Gasteiger partial charge on any atom is 0.198 e. The summed E-state index contributed by atoms with van der Waals surface area (Å²) < 4.78 is 22.4. The van der Waals surface area contributed by atoms with Crippen LogP contribution in [0.5, 0.6) is 5.75 Å². The van der Waals surface area contributed by atoms with Crippen LogP contribution in [-0.4, -0.2) is 38.5 Å². The molecule has 1 aromatic heterocycles. The first kappa shape index (κ1) is 16.6. The summed E-state index contributed by atoms with van der Waals surface area (Å²) in [6.45, 7) is 0.814. The van der Waals surface area contributed by atoms with Gasteiger partial charge in [0.05, 0.1) is 13.8 Å². The van der Waals surface area contributed by atoms with E-state index in [2.05, 4.69) is 5.10 Å². The number of ether oxygens (including phenoxy) is 1. The van der Waals surface area contributed by atoms with Gasteiger partial charge < -0.3 is 14.4 Å². The van der Waals surface area contributed by atoms with Gasteiger partial charge in [0.1, 0.15) is 6.61 Å². The molecule has 1 heterocycles. The van der Waals surface area contributed by atoms with Crippen molar-refractivity contribution < 1.29 is 14.2 Å². The topological polar surface area (TPSA) is 55.4 Å². The minimum Gasteiger partial charge on any atom is -0.494 e. The van der Waals surface area contributed by atoms with Gasteiger partial charge in [0.25, 0.3) is 0 Å². The van der Waals surface area contributed by atoms with Gasteiger partial charge in [-0.1, -0.05) is 6.07 Å². The number of hydrogen-bond donors (Lipinski definition) is 1. The van der Waals surface area contributed by atoms with Crippen LogP contribution in [0.4, 0.5) is 4.39 Å². The van der Waals surface area contributed by atoms with Crippen LogP contribution in [0.25, 0.3) is 0 Å². The summed E-state index contributed by atoms with van der Waals surface area (Å²) >= 11 is 5.27. The lowest BCUT2D eigenvalue weighted by molar-refractivity contribution is 0.238. The van der Waals surface area contributed by atoms with E-state index in [9.17, 15) is 9.50 Å². The van der Waals surface area contributed by atoms with Crippen LogP contribution in [-0.2, 0) is 26.9 Å².